The average Bonchev–Trinajstić information content (AvgIpc) is 3.03. The number of likely N-dealkylation sites (tertiary alicyclic amines) is 1. The molecular weight excluding hydrogens is 344 g/mol. The summed E-state index contributed by atoms with van der Waals surface area (Å²) in [5, 5.41) is 9.63. The number of amides is 2. The molecule has 1 aromatic heterocycles. The molecule has 1 N–H and O–H groups in total. The van der Waals surface area contributed by atoms with Gasteiger partial charge in [-0.3, -0.25) is 5.32 Å². The SMILES string of the molecule is O=C(Nc1nnc(-c2ccc(F)cc2)o1)N1CCCC(C(F)(F)F)C1. The van der Waals surface area contributed by atoms with Crippen LogP contribution < -0.4 is 5.32 Å². The van der Waals surface area contributed by atoms with Crippen molar-refractivity contribution in [2.24, 2.45) is 5.92 Å². The van der Waals surface area contributed by atoms with E-state index in [4.69, 9.17) is 4.42 Å². The Balaban J connectivity index is 1.64. The van der Waals surface area contributed by atoms with E-state index in [-0.39, 0.29) is 31.3 Å². The summed E-state index contributed by atoms with van der Waals surface area (Å²) in [7, 11) is 0. The van der Waals surface area contributed by atoms with Gasteiger partial charge in [-0.2, -0.15) is 13.2 Å². The monoisotopic (exact) mass is 358 g/mol. The number of carbonyl (C=O) groups is 1. The van der Waals surface area contributed by atoms with Crippen LogP contribution in [0.4, 0.5) is 28.4 Å². The van der Waals surface area contributed by atoms with Gasteiger partial charge in [-0.25, -0.2) is 9.18 Å². The number of piperidine rings is 1. The summed E-state index contributed by atoms with van der Waals surface area (Å²) in [6, 6.07) is 4.30. The zero-order valence-corrected chi connectivity index (χ0v) is 12.9. The van der Waals surface area contributed by atoms with Crippen LogP contribution in [0.2, 0.25) is 0 Å². The van der Waals surface area contributed by atoms with E-state index in [9.17, 15) is 22.4 Å². The molecule has 3 rings (SSSR count). The number of hydrogen-bond donors (Lipinski definition) is 1. The molecule has 1 aliphatic heterocycles. The minimum Gasteiger partial charge on any atom is -0.403 e. The van der Waals surface area contributed by atoms with Crippen LogP contribution >= 0.6 is 0 Å². The largest absolute Gasteiger partial charge is 0.403 e. The van der Waals surface area contributed by atoms with Crippen molar-refractivity contribution in [2.45, 2.75) is 19.0 Å². The molecule has 2 amide bonds. The molecule has 25 heavy (non-hydrogen) atoms. The Morgan fingerprint density at radius 3 is 2.64 bits per heavy atom. The van der Waals surface area contributed by atoms with Crippen molar-refractivity contribution in [3.05, 3.63) is 30.1 Å². The summed E-state index contributed by atoms with van der Waals surface area (Å²) in [6.45, 7) is -0.189. The first-order valence-electron chi connectivity index (χ1n) is 7.55. The van der Waals surface area contributed by atoms with Gasteiger partial charge in [0.25, 0.3) is 0 Å². The molecule has 1 unspecified atom stereocenters. The Kier molecular flexibility index (Phi) is 4.60. The van der Waals surface area contributed by atoms with Gasteiger partial charge in [0.2, 0.25) is 5.89 Å². The summed E-state index contributed by atoms with van der Waals surface area (Å²) in [6.07, 6.45) is -4.07. The van der Waals surface area contributed by atoms with Crippen LogP contribution in [0.5, 0.6) is 0 Å². The zero-order valence-electron chi connectivity index (χ0n) is 12.9. The first-order valence-corrected chi connectivity index (χ1v) is 7.55. The number of aromatic nitrogens is 2. The van der Waals surface area contributed by atoms with E-state index in [1.165, 1.54) is 24.3 Å². The number of nitrogens with one attached hydrogen (secondary N) is 1. The summed E-state index contributed by atoms with van der Waals surface area (Å²) in [4.78, 5) is 13.2. The van der Waals surface area contributed by atoms with Crippen LogP contribution in [0.15, 0.2) is 28.7 Å². The predicted molar refractivity (Wildman–Crippen MR) is 79.1 cm³/mol. The number of hydrogen-bond acceptors (Lipinski definition) is 4. The molecule has 0 bridgehead atoms. The van der Waals surface area contributed by atoms with E-state index >= 15 is 0 Å². The fraction of sp³-hybridized carbons (Fsp3) is 0.400. The molecule has 1 fully saturated rings. The van der Waals surface area contributed by atoms with Crippen molar-refractivity contribution in [3.8, 4) is 11.5 Å². The van der Waals surface area contributed by atoms with E-state index in [1.807, 2.05) is 0 Å². The molecule has 1 saturated heterocycles. The van der Waals surface area contributed by atoms with Crippen molar-refractivity contribution in [1.82, 2.24) is 15.1 Å². The van der Waals surface area contributed by atoms with E-state index in [1.54, 1.807) is 0 Å². The number of anilines is 1. The third-order valence-electron chi connectivity index (χ3n) is 3.90. The predicted octanol–water partition coefficient (Wildman–Crippen LogP) is 3.68. The minimum atomic E-state index is -4.33. The number of urea groups is 1. The maximum absolute atomic E-state index is 12.9. The quantitative estimate of drug-likeness (QED) is 0.832. The summed E-state index contributed by atoms with van der Waals surface area (Å²) in [5.74, 6) is -1.91. The maximum atomic E-state index is 12.9. The van der Waals surface area contributed by atoms with Gasteiger partial charge in [-0.1, -0.05) is 5.10 Å². The minimum absolute atomic E-state index is 0.00253. The Bertz CT molecular complexity index is 745. The summed E-state index contributed by atoms with van der Waals surface area (Å²) < 4.78 is 56.5. The molecular formula is C15H14F4N4O2. The van der Waals surface area contributed by atoms with Crippen LogP contribution in [0.1, 0.15) is 12.8 Å². The van der Waals surface area contributed by atoms with Crippen molar-refractivity contribution >= 4 is 12.0 Å². The molecule has 6 nitrogen and oxygen atoms in total. The van der Waals surface area contributed by atoms with Crippen molar-refractivity contribution in [3.63, 3.8) is 0 Å². The van der Waals surface area contributed by atoms with E-state index in [0.29, 0.717) is 5.56 Å². The second-order valence-corrected chi connectivity index (χ2v) is 5.68. The third kappa shape index (κ3) is 4.06. The van der Waals surface area contributed by atoms with Crippen LogP contribution in [0, 0.1) is 11.7 Å². The van der Waals surface area contributed by atoms with Gasteiger partial charge in [0.15, 0.2) is 0 Å². The van der Waals surface area contributed by atoms with Crippen LogP contribution in [0.25, 0.3) is 11.5 Å². The lowest BCUT2D eigenvalue weighted by atomic mass is 9.98. The Morgan fingerprint density at radius 2 is 1.96 bits per heavy atom. The molecule has 1 atom stereocenters. The highest BCUT2D eigenvalue weighted by Gasteiger charge is 2.42. The first kappa shape index (κ1) is 17.2. The van der Waals surface area contributed by atoms with Gasteiger partial charge < -0.3 is 9.32 Å². The molecule has 0 radical (unpaired) electrons. The van der Waals surface area contributed by atoms with Gasteiger partial charge in [-0.05, 0) is 37.1 Å². The van der Waals surface area contributed by atoms with Gasteiger partial charge in [0.1, 0.15) is 5.82 Å². The Hall–Kier alpha value is -2.65. The Labute approximate surface area is 139 Å². The van der Waals surface area contributed by atoms with Gasteiger partial charge in [0.05, 0.1) is 5.92 Å². The molecule has 0 saturated carbocycles. The topological polar surface area (TPSA) is 71.3 Å². The number of nitrogens with zero attached hydrogens (tertiary/aromatic N) is 3. The number of carbonyl (C=O) groups excluding carboxylic acids is 1. The second kappa shape index (κ2) is 6.69. The van der Waals surface area contributed by atoms with E-state index in [2.05, 4.69) is 15.5 Å². The lowest BCUT2D eigenvalue weighted by molar-refractivity contribution is -0.183. The number of alkyl halides is 3. The van der Waals surface area contributed by atoms with Crippen LogP contribution in [-0.2, 0) is 0 Å². The molecule has 0 aliphatic carbocycles. The first-order chi connectivity index (χ1) is 11.8. The zero-order chi connectivity index (χ0) is 18.0. The fourth-order valence-corrected chi connectivity index (χ4v) is 2.58. The number of benzene rings is 1. The molecule has 1 aliphatic rings. The highest BCUT2D eigenvalue weighted by Crippen LogP contribution is 2.33. The Morgan fingerprint density at radius 1 is 1.24 bits per heavy atom. The van der Waals surface area contributed by atoms with Crippen molar-refractivity contribution in [1.29, 1.82) is 0 Å². The van der Waals surface area contributed by atoms with Crippen LogP contribution in [0.3, 0.4) is 0 Å². The lowest BCUT2D eigenvalue weighted by Gasteiger charge is -2.33. The number of halogens is 4. The van der Waals surface area contributed by atoms with E-state index < -0.39 is 30.5 Å². The molecule has 10 heteroatoms. The standard InChI is InChI=1S/C15H14F4N4O2/c16-11-5-3-9(4-6-11)12-21-22-13(25-12)20-14(24)23-7-1-2-10(8-23)15(17,18)19/h3-6,10H,1-2,7-8H2,(H,20,22,24). The third-order valence-corrected chi connectivity index (χ3v) is 3.90. The second-order valence-electron chi connectivity index (χ2n) is 5.68. The normalized spacial score (nSPS) is 18.2. The molecule has 2 aromatic rings. The van der Waals surface area contributed by atoms with E-state index in [0.717, 1.165) is 4.90 Å². The van der Waals surface area contributed by atoms with Crippen molar-refractivity contribution in [2.75, 3.05) is 18.4 Å². The smallest absolute Gasteiger partial charge is 0.393 e. The number of rotatable bonds is 2. The summed E-state index contributed by atoms with van der Waals surface area (Å²) >= 11 is 0. The molecule has 2 heterocycles. The van der Waals surface area contributed by atoms with Gasteiger partial charge >= 0.3 is 18.2 Å². The maximum Gasteiger partial charge on any atom is 0.393 e. The fourth-order valence-electron chi connectivity index (χ4n) is 2.58. The lowest BCUT2D eigenvalue weighted by Crippen LogP contribution is -2.46. The van der Waals surface area contributed by atoms with Crippen LogP contribution in [-0.4, -0.2) is 40.4 Å². The van der Waals surface area contributed by atoms with Gasteiger partial charge in [-0.15, -0.1) is 5.10 Å². The highest BCUT2D eigenvalue weighted by atomic mass is 19.4. The molecule has 134 valence electrons. The molecule has 0 spiro atoms. The summed E-state index contributed by atoms with van der Waals surface area (Å²) in [5.41, 5.74) is 0.449. The highest BCUT2D eigenvalue weighted by molar-refractivity contribution is 5.87. The molecule has 1 aromatic carbocycles. The van der Waals surface area contributed by atoms with Crippen molar-refractivity contribution < 1.29 is 26.8 Å². The van der Waals surface area contributed by atoms with Gasteiger partial charge in [0, 0.05) is 18.7 Å². The average molecular weight is 358 g/mol.